The molecule has 0 unspecified atom stereocenters. The van der Waals surface area contributed by atoms with Gasteiger partial charge in [0.25, 0.3) is 0 Å². The number of ether oxygens (including phenoxy) is 2. The van der Waals surface area contributed by atoms with Crippen molar-refractivity contribution in [3.05, 3.63) is 58.7 Å². The molecule has 1 saturated carbocycles. The van der Waals surface area contributed by atoms with Crippen molar-refractivity contribution in [2.24, 2.45) is 11.8 Å². The molecule has 0 saturated heterocycles. The summed E-state index contributed by atoms with van der Waals surface area (Å²) < 4.78 is 11.8. The molecule has 6 heteroatoms. The molecule has 0 amide bonds. The summed E-state index contributed by atoms with van der Waals surface area (Å²) in [6, 6.07) is 12.3. The number of hydrogen-bond donors (Lipinski definition) is 2. The zero-order valence-electron chi connectivity index (χ0n) is 17.0. The summed E-state index contributed by atoms with van der Waals surface area (Å²) in [5.74, 6) is -1.53. The molecule has 0 spiro atoms. The highest BCUT2D eigenvalue weighted by molar-refractivity contribution is 6.07. The lowest BCUT2D eigenvalue weighted by molar-refractivity contribution is -0.139. The van der Waals surface area contributed by atoms with Crippen molar-refractivity contribution in [2.45, 2.75) is 18.3 Å². The van der Waals surface area contributed by atoms with E-state index in [1.54, 1.807) is 14.2 Å². The van der Waals surface area contributed by atoms with Crippen molar-refractivity contribution in [3.63, 3.8) is 0 Å². The van der Waals surface area contributed by atoms with Gasteiger partial charge in [-0.1, -0.05) is 24.3 Å². The average molecular weight is 416 g/mol. The fourth-order valence-corrected chi connectivity index (χ4v) is 6.53. The first-order valence-corrected chi connectivity index (χ1v) is 10.3. The van der Waals surface area contributed by atoms with E-state index in [0.717, 1.165) is 44.2 Å². The van der Waals surface area contributed by atoms with Crippen molar-refractivity contribution in [1.82, 2.24) is 0 Å². The van der Waals surface area contributed by atoms with Crippen LogP contribution in [0.3, 0.4) is 0 Å². The number of hydrogen-bond acceptors (Lipinski definition) is 4. The summed E-state index contributed by atoms with van der Waals surface area (Å²) in [4.78, 5) is 23.8. The van der Waals surface area contributed by atoms with Crippen molar-refractivity contribution in [3.8, 4) is 11.5 Å². The lowest BCUT2D eigenvalue weighted by Gasteiger charge is -2.43. The maximum atomic E-state index is 11.9. The Balaban J connectivity index is 1.67. The molecule has 6 rings (SSSR count). The molecule has 156 valence electrons. The van der Waals surface area contributed by atoms with E-state index in [1.165, 1.54) is 0 Å². The predicted octanol–water partition coefficient (Wildman–Crippen LogP) is 4.31. The number of fused-ring (bicyclic) bond motifs is 10. The predicted molar refractivity (Wildman–Crippen MR) is 114 cm³/mol. The molecule has 3 aliphatic carbocycles. The van der Waals surface area contributed by atoms with Gasteiger partial charge in [0.05, 0.1) is 25.4 Å². The van der Waals surface area contributed by atoms with Gasteiger partial charge in [-0.3, -0.25) is 0 Å². The van der Waals surface area contributed by atoms with Gasteiger partial charge in [0.1, 0.15) is 11.5 Å². The minimum Gasteiger partial charge on any atom is -0.496 e. The second-order valence-electron chi connectivity index (χ2n) is 8.58. The lowest BCUT2D eigenvalue weighted by Crippen LogP contribution is -2.41. The molecule has 4 atom stereocenters. The first kappa shape index (κ1) is 18.2. The van der Waals surface area contributed by atoms with Gasteiger partial charge in [-0.15, -0.1) is 0 Å². The second kappa shape index (κ2) is 6.00. The van der Waals surface area contributed by atoms with E-state index in [1.807, 2.05) is 24.3 Å². The molecule has 3 aliphatic rings. The molecular weight excluding hydrogens is 396 g/mol. The van der Waals surface area contributed by atoms with Gasteiger partial charge in [-0.05, 0) is 41.2 Å². The van der Waals surface area contributed by atoms with Gasteiger partial charge in [0.15, 0.2) is 0 Å². The molecule has 3 aromatic rings. The zero-order chi connectivity index (χ0) is 21.6. The van der Waals surface area contributed by atoms with Crippen LogP contribution in [0, 0.1) is 11.8 Å². The molecule has 2 N–H and O–H groups in total. The van der Waals surface area contributed by atoms with Crippen LogP contribution in [-0.4, -0.2) is 36.4 Å². The highest BCUT2D eigenvalue weighted by Crippen LogP contribution is 2.72. The summed E-state index contributed by atoms with van der Waals surface area (Å²) in [7, 11) is 3.27. The Kier molecular flexibility index (Phi) is 3.53. The van der Waals surface area contributed by atoms with Crippen LogP contribution in [0.4, 0.5) is 0 Å². The van der Waals surface area contributed by atoms with Crippen LogP contribution in [0.2, 0.25) is 0 Å². The maximum Gasteiger partial charge on any atom is 0.332 e. The Morgan fingerprint density at radius 1 is 0.806 bits per heavy atom. The van der Waals surface area contributed by atoms with E-state index >= 15 is 0 Å². The third kappa shape index (κ3) is 2.07. The monoisotopic (exact) mass is 416 g/mol. The molecule has 1 fully saturated rings. The number of carbonyl (C=O) groups is 2. The summed E-state index contributed by atoms with van der Waals surface area (Å²) in [5.41, 5.74) is 2.07. The fraction of sp³-hybridized carbons (Fsp3) is 0.280. The molecule has 31 heavy (non-hydrogen) atoms. The molecule has 0 aliphatic heterocycles. The Bertz CT molecular complexity index is 1270. The van der Waals surface area contributed by atoms with Crippen LogP contribution in [-0.2, 0) is 9.59 Å². The molecule has 0 radical (unpaired) electrons. The van der Waals surface area contributed by atoms with Gasteiger partial charge < -0.3 is 19.7 Å². The number of benzene rings is 3. The molecule has 3 aromatic carbocycles. The summed E-state index contributed by atoms with van der Waals surface area (Å²) in [6.45, 7) is 0. The minimum atomic E-state index is -1.13. The highest BCUT2D eigenvalue weighted by Gasteiger charge is 2.64. The highest BCUT2D eigenvalue weighted by atomic mass is 16.5. The van der Waals surface area contributed by atoms with Gasteiger partial charge >= 0.3 is 11.9 Å². The third-order valence-electron chi connectivity index (χ3n) is 7.48. The Labute approximate surface area is 177 Å². The van der Waals surface area contributed by atoms with Crippen LogP contribution >= 0.6 is 0 Å². The molecule has 2 bridgehead atoms. The number of aliphatic carboxylic acids is 2. The summed E-state index contributed by atoms with van der Waals surface area (Å²) in [6.07, 6.45) is 0.709. The fourth-order valence-electron chi connectivity index (χ4n) is 6.53. The van der Waals surface area contributed by atoms with Crippen molar-refractivity contribution < 1.29 is 29.3 Å². The van der Waals surface area contributed by atoms with Crippen LogP contribution in [0.15, 0.2) is 47.5 Å². The average Bonchev–Trinajstić information content (AvgIpc) is 3.22. The molecular formula is C25H20O6. The maximum absolute atomic E-state index is 11.9. The van der Waals surface area contributed by atoms with E-state index in [2.05, 4.69) is 12.1 Å². The molecule has 0 aromatic heterocycles. The Morgan fingerprint density at radius 3 is 1.58 bits per heavy atom. The number of carboxylic acid groups (broad SMARTS) is 2. The second-order valence-corrected chi connectivity index (χ2v) is 8.58. The molecule has 6 nitrogen and oxygen atoms in total. The quantitative estimate of drug-likeness (QED) is 0.616. The smallest absolute Gasteiger partial charge is 0.332 e. The van der Waals surface area contributed by atoms with Gasteiger partial charge in [-0.25, -0.2) is 9.59 Å². The van der Waals surface area contributed by atoms with E-state index in [4.69, 9.17) is 9.47 Å². The van der Waals surface area contributed by atoms with Gasteiger partial charge in [0.2, 0.25) is 0 Å². The Hall–Kier alpha value is -3.54. The van der Waals surface area contributed by atoms with Crippen LogP contribution in [0.25, 0.3) is 21.5 Å². The number of methoxy groups -OCH3 is 2. The topological polar surface area (TPSA) is 93.1 Å². The normalized spacial score (nSPS) is 25.4. The third-order valence-corrected chi connectivity index (χ3v) is 7.48. The van der Waals surface area contributed by atoms with E-state index in [-0.39, 0.29) is 34.8 Å². The molecule has 0 heterocycles. The van der Waals surface area contributed by atoms with Crippen molar-refractivity contribution >= 4 is 33.5 Å². The zero-order valence-corrected chi connectivity index (χ0v) is 17.0. The van der Waals surface area contributed by atoms with E-state index in [0.29, 0.717) is 6.42 Å². The SMILES string of the molecule is COc1c2c(c(OC)c3cc4ccccc4cc13)[C@@H]1C[C@H]2[C@H]2C(C(=O)O)=C(C(=O)O)[C@H]21. The standard InChI is InChI=1S/C25H20O6/c1-30-22-12-7-10-5-3-4-6-11(10)8-13(12)23(31-2)19-15-9-14(18(19)22)16-17(15)21(25(28)29)20(16)24(26)27/h3-8,14-17H,9H2,1-2H3,(H,26,27)(H,28,29)/t14-,15+,16+,17-. The van der Waals surface area contributed by atoms with Crippen molar-refractivity contribution in [1.29, 1.82) is 0 Å². The first-order chi connectivity index (χ1) is 15.0. The Morgan fingerprint density at radius 2 is 1.23 bits per heavy atom. The van der Waals surface area contributed by atoms with Crippen LogP contribution in [0.1, 0.15) is 29.4 Å². The largest absolute Gasteiger partial charge is 0.496 e. The first-order valence-electron chi connectivity index (χ1n) is 10.3. The lowest BCUT2D eigenvalue weighted by atomic mass is 9.59. The van der Waals surface area contributed by atoms with E-state index < -0.39 is 11.9 Å². The van der Waals surface area contributed by atoms with Crippen LogP contribution in [0.5, 0.6) is 11.5 Å². The summed E-state index contributed by atoms with van der Waals surface area (Å²) >= 11 is 0. The van der Waals surface area contributed by atoms with Crippen LogP contribution < -0.4 is 9.47 Å². The van der Waals surface area contributed by atoms with E-state index in [9.17, 15) is 19.8 Å². The van der Waals surface area contributed by atoms with Gasteiger partial charge in [-0.2, -0.15) is 0 Å². The number of rotatable bonds is 4. The van der Waals surface area contributed by atoms with Crippen molar-refractivity contribution in [2.75, 3.05) is 14.2 Å². The number of carboxylic acids is 2. The minimum absolute atomic E-state index is 0.0512. The van der Waals surface area contributed by atoms with Gasteiger partial charge in [0, 0.05) is 33.7 Å². The summed E-state index contributed by atoms with van der Waals surface area (Å²) in [5, 5.41) is 23.5.